The van der Waals surface area contributed by atoms with Crippen LogP contribution in [-0.4, -0.2) is 37.7 Å². The number of carbonyl (C=O) groups excluding carboxylic acids is 1. The zero-order valence-electron chi connectivity index (χ0n) is 11.4. The minimum Gasteiger partial charge on any atom is -0.375 e. The minimum absolute atomic E-state index is 0.156. The van der Waals surface area contributed by atoms with Crippen molar-refractivity contribution < 1.29 is 13.2 Å². The van der Waals surface area contributed by atoms with Gasteiger partial charge in [-0.15, -0.1) is 11.3 Å². The number of nitrogen functional groups attached to an aromatic ring is 1. The number of sulfonamides is 1. The van der Waals surface area contributed by atoms with Crippen molar-refractivity contribution >= 4 is 38.1 Å². The Morgan fingerprint density at radius 3 is 2.38 bits per heavy atom. The number of rotatable bonds is 4. The number of hydrogen-bond acceptors (Lipinski definition) is 6. The number of nitrogens with zero attached hydrogens (tertiary/aromatic N) is 2. The number of nitrogens with one attached hydrogen (secondary N) is 1. The van der Waals surface area contributed by atoms with E-state index in [0.717, 1.165) is 4.31 Å². The maximum absolute atomic E-state index is 11.9. The third kappa shape index (κ3) is 3.38. The van der Waals surface area contributed by atoms with Crippen LogP contribution in [0.25, 0.3) is 0 Å². The minimum atomic E-state index is -3.48. The molecule has 1 aromatic carbocycles. The van der Waals surface area contributed by atoms with Crippen molar-refractivity contribution in [2.24, 2.45) is 0 Å². The number of nitrogens with two attached hydrogens (primary N) is 1. The topological polar surface area (TPSA) is 105 Å². The van der Waals surface area contributed by atoms with Crippen LogP contribution in [0.15, 0.2) is 34.5 Å². The Hall–Kier alpha value is -1.97. The predicted molar refractivity (Wildman–Crippen MR) is 81.8 cm³/mol. The molecule has 2 rings (SSSR count). The molecule has 1 amide bonds. The van der Waals surface area contributed by atoms with E-state index in [-0.39, 0.29) is 10.6 Å². The number of amides is 1. The molecule has 0 aliphatic rings. The molecule has 0 aliphatic heterocycles. The fraction of sp³-hybridized carbons (Fsp3) is 0.167. The maximum Gasteiger partial charge on any atom is 0.275 e. The summed E-state index contributed by atoms with van der Waals surface area (Å²) >= 11 is 1.17. The van der Waals surface area contributed by atoms with Crippen LogP contribution in [0.3, 0.4) is 0 Å². The van der Waals surface area contributed by atoms with Crippen molar-refractivity contribution in [1.29, 1.82) is 0 Å². The van der Waals surface area contributed by atoms with E-state index in [1.807, 2.05) is 0 Å². The molecule has 7 nitrogen and oxygen atoms in total. The molecule has 1 heterocycles. The summed E-state index contributed by atoms with van der Waals surface area (Å²) in [6.45, 7) is 0. The molecular formula is C12H14N4O3S2. The van der Waals surface area contributed by atoms with Crippen LogP contribution in [0.5, 0.6) is 0 Å². The molecule has 0 fully saturated rings. The highest BCUT2D eigenvalue weighted by Crippen LogP contribution is 2.18. The summed E-state index contributed by atoms with van der Waals surface area (Å²) in [5, 5.41) is 4.48. The Morgan fingerprint density at radius 2 is 1.90 bits per heavy atom. The second-order valence-corrected chi connectivity index (χ2v) is 7.38. The first-order valence-corrected chi connectivity index (χ1v) is 8.17. The van der Waals surface area contributed by atoms with E-state index in [2.05, 4.69) is 10.3 Å². The van der Waals surface area contributed by atoms with Crippen molar-refractivity contribution in [1.82, 2.24) is 9.29 Å². The van der Waals surface area contributed by atoms with Crippen LogP contribution in [0, 0.1) is 0 Å². The highest BCUT2D eigenvalue weighted by atomic mass is 32.2. The van der Waals surface area contributed by atoms with Crippen LogP contribution in [0.2, 0.25) is 0 Å². The third-order valence-electron chi connectivity index (χ3n) is 2.65. The molecule has 0 radical (unpaired) electrons. The first-order chi connectivity index (χ1) is 9.80. The lowest BCUT2D eigenvalue weighted by molar-refractivity contribution is 0.102. The first-order valence-electron chi connectivity index (χ1n) is 5.85. The maximum atomic E-state index is 11.9. The van der Waals surface area contributed by atoms with E-state index in [1.54, 1.807) is 5.38 Å². The Morgan fingerprint density at radius 1 is 1.29 bits per heavy atom. The number of hydrogen-bond donors (Lipinski definition) is 2. The number of benzene rings is 1. The molecular weight excluding hydrogens is 312 g/mol. The van der Waals surface area contributed by atoms with E-state index < -0.39 is 15.9 Å². The van der Waals surface area contributed by atoms with E-state index in [0.29, 0.717) is 10.8 Å². The summed E-state index contributed by atoms with van der Waals surface area (Å²) in [7, 11) is -0.566. The van der Waals surface area contributed by atoms with Gasteiger partial charge in [0.05, 0.1) is 4.90 Å². The smallest absolute Gasteiger partial charge is 0.275 e. The van der Waals surface area contributed by atoms with Crippen LogP contribution in [0.1, 0.15) is 10.5 Å². The molecule has 9 heteroatoms. The van der Waals surface area contributed by atoms with Crippen molar-refractivity contribution in [3.63, 3.8) is 0 Å². The van der Waals surface area contributed by atoms with Gasteiger partial charge in [-0.25, -0.2) is 17.7 Å². The number of carbonyl (C=O) groups is 1. The van der Waals surface area contributed by atoms with Crippen molar-refractivity contribution in [3.05, 3.63) is 35.3 Å². The van der Waals surface area contributed by atoms with Gasteiger partial charge in [0.15, 0.2) is 5.13 Å². The monoisotopic (exact) mass is 326 g/mol. The van der Waals surface area contributed by atoms with Crippen molar-refractivity contribution in [2.75, 3.05) is 25.1 Å². The molecule has 3 N–H and O–H groups in total. The number of thiazole rings is 1. The number of aromatic nitrogens is 1. The summed E-state index contributed by atoms with van der Waals surface area (Å²) in [5.41, 5.74) is 6.16. The van der Waals surface area contributed by atoms with Gasteiger partial charge < -0.3 is 11.1 Å². The molecule has 0 atom stereocenters. The molecule has 0 saturated carbocycles. The molecule has 0 bridgehead atoms. The average molecular weight is 326 g/mol. The lowest BCUT2D eigenvalue weighted by Gasteiger charge is -2.11. The van der Waals surface area contributed by atoms with Gasteiger partial charge in [-0.2, -0.15) is 0 Å². The van der Waals surface area contributed by atoms with Gasteiger partial charge in [0.2, 0.25) is 10.0 Å². The van der Waals surface area contributed by atoms with E-state index in [9.17, 15) is 13.2 Å². The van der Waals surface area contributed by atoms with Gasteiger partial charge in [0, 0.05) is 25.2 Å². The standard InChI is InChI=1S/C12H14N4O3S2/c1-16(2)21(18,19)9-5-3-8(4-6-9)14-11(17)10-7-20-12(13)15-10/h3-7H,1-2H3,(H2,13,15)(H,14,17). The van der Waals surface area contributed by atoms with Crippen LogP contribution < -0.4 is 11.1 Å². The van der Waals surface area contributed by atoms with Crippen molar-refractivity contribution in [2.45, 2.75) is 4.90 Å². The molecule has 0 spiro atoms. The van der Waals surface area contributed by atoms with E-state index >= 15 is 0 Å². The molecule has 0 saturated heterocycles. The molecule has 0 unspecified atom stereocenters. The number of anilines is 2. The molecule has 21 heavy (non-hydrogen) atoms. The lowest BCUT2D eigenvalue weighted by atomic mass is 10.3. The summed E-state index contributed by atoms with van der Waals surface area (Å²) < 4.78 is 24.9. The molecule has 1 aromatic heterocycles. The summed E-state index contributed by atoms with van der Waals surface area (Å²) in [5.74, 6) is -0.397. The fourth-order valence-corrected chi connectivity index (χ4v) is 2.95. The van der Waals surface area contributed by atoms with E-state index in [1.165, 1.54) is 49.7 Å². The lowest BCUT2D eigenvalue weighted by Crippen LogP contribution is -2.22. The summed E-state index contributed by atoms with van der Waals surface area (Å²) in [4.78, 5) is 15.9. The summed E-state index contributed by atoms with van der Waals surface area (Å²) in [6.07, 6.45) is 0. The zero-order valence-corrected chi connectivity index (χ0v) is 13.0. The van der Waals surface area contributed by atoms with E-state index in [4.69, 9.17) is 5.73 Å². The largest absolute Gasteiger partial charge is 0.375 e. The highest BCUT2D eigenvalue weighted by molar-refractivity contribution is 7.89. The molecule has 0 aliphatic carbocycles. The first kappa shape index (κ1) is 15.4. The van der Waals surface area contributed by atoms with Gasteiger partial charge in [-0.3, -0.25) is 4.79 Å². The molecule has 2 aromatic rings. The van der Waals surface area contributed by atoms with Crippen molar-refractivity contribution in [3.8, 4) is 0 Å². The van der Waals surface area contributed by atoms with Gasteiger partial charge in [-0.05, 0) is 24.3 Å². The second-order valence-electron chi connectivity index (χ2n) is 4.34. The normalized spacial score (nSPS) is 11.6. The summed E-state index contributed by atoms with van der Waals surface area (Å²) in [6, 6.07) is 5.90. The van der Waals surface area contributed by atoms with Crippen LogP contribution in [-0.2, 0) is 10.0 Å². The van der Waals surface area contributed by atoms with Gasteiger partial charge >= 0.3 is 0 Å². The Balaban J connectivity index is 2.15. The zero-order chi connectivity index (χ0) is 15.6. The van der Waals surface area contributed by atoms with Gasteiger partial charge in [0.25, 0.3) is 5.91 Å². The van der Waals surface area contributed by atoms with Gasteiger partial charge in [-0.1, -0.05) is 0 Å². The predicted octanol–water partition coefficient (Wildman–Crippen LogP) is 1.23. The van der Waals surface area contributed by atoms with Crippen LogP contribution in [0.4, 0.5) is 10.8 Å². The SMILES string of the molecule is CN(C)S(=O)(=O)c1ccc(NC(=O)c2csc(N)n2)cc1. The quantitative estimate of drug-likeness (QED) is 0.879. The third-order valence-corrected chi connectivity index (χ3v) is 5.15. The Kier molecular flexibility index (Phi) is 4.26. The average Bonchev–Trinajstić information content (AvgIpc) is 2.86. The second kappa shape index (κ2) is 5.80. The highest BCUT2D eigenvalue weighted by Gasteiger charge is 2.17. The Bertz CT molecular complexity index is 751. The fourth-order valence-electron chi connectivity index (χ4n) is 1.51. The van der Waals surface area contributed by atoms with Gasteiger partial charge in [0.1, 0.15) is 5.69 Å². The Labute approximate surface area is 126 Å². The van der Waals surface area contributed by atoms with Crippen LogP contribution >= 0.6 is 11.3 Å². The molecule has 112 valence electrons.